The highest BCUT2D eigenvalue weighted by Crippen LogP contribution is 2.11. The summed E-state index contributed by atoms with van der Waals surface area (Å²) in [5.74, 6) is 0.299. The van der Waals surface area contributed by atoms with Crippen molar-refractivity contribution in [1.82, 2.24) is 5.32 Å². The molecule has 0 fully saturated rings. The molecule has 0 aliphatic carbocycles. The Balaban J connectivity index is 2.21. The normalized spacial score (nSPS) is 14.3. The predicted octanol–water partition coefficient (Wildman–Crippen LogP) is 3.49. The number of unbranched alkanes of at least 4 members (excludes halogenated alkanes) is 1. The average molecular weight is 285 g/mol. The molecule has 0 saturated carbocycles. The number of halogens is 1. The molecular weight excluding hydrogens is 261 g/mol. The van der Waals surface area contributed by atoms with Gasteiger partial charge >= 0.3 is 0 Å². The third-order valence-corrected chi connectivity index (χ3v) is 4.46. The topological polar surface area (TPSA) is 29.1 Å². The van der Waals surface area contributed by atoms with Crippen molar-refractivity contribution in [2.45, 2.75) is 50.5 Å². The standard InChI is InChI=1S/C15H24FNOS/c1-3-10-17-13(2)7-4-5-11-19(18)15-9-6-8-14(16)12-15/h6,8-9,12-13,17H,3-5,7,10-11H2,1-2H3. The van der Waals surface area contributed by atoms with Gasteiger partial charge in [-0.3, -0.25) is 4.21 Å². The van der Waals surface area contributed by atoms with E-state index in [9.17, 15) is 8.60 Å². The largest absolute Gasteiger partial charge is 0.314 e. The molecule has 0 amide bonds. The van der Waals surface area contributed by atoms with Crippen LogP contribution in [0, 0.1) is 5.82 Å². The molecule has 2 atom stereocenters. The van der Waals surface area contributed by atoms with Gasteiger partial charge in [-0.25, -0.2) is 4.39 Å². The van der Waals surface area contributed by atoms with Crippen LogP contribution >= 0.6 is 0 Å². The second kappa shape index (κ2) is 9.21. The summed E-state index contributed by atoms with van der Waals surface area (Å²) in [4.78, 5) is 0.595. The van der Waals surface area contributed by atoms with Crippen molar-refractivity contribution in [2.75, 3.05) is 12.3 Å². The summed E-state index contributed by atoms with van der Waals surface area (Å²) >= 11 is 0. The van der Waals surface area contributed by atoms with E-state index in [0.717, 1.165) is 32.2 Å². The van der Waals surface area contributed by atoms with Crippen LogP contribution in [0.3, 0.4) is 0 Å². The average Bonchev–Trinajstić information content (AvgIpc) is 2.41. The summed E-state index contributed by atoms with van der Waals surface area (Å²) in [5, 5.41) is 3.43. The highest BCUT2D eigenvalue weighted by Gasteiger charge is 2.05. The lowest BCUT2D eigenvalue weighted by Crippen LogP contribution is -2.26. The molecule has 0 saturated heterocycles. The van der Waals surface area contributed by atoms with Gasteiger partial charge in [0.25, 0.3) is 0 Å². The van der Waals surface area contributed by atoms with Crippen molar-refractivity contribution >= 4 is 10.8 Å². The molecule has 0 aliphatic rings. The van der Waals surface area contributed by atoms with Gasteiger partial charge < -0.3 is 5.32 Å². The summed E-state index contributed by atoms with van der Waals surface area (Å²) < 4.78 is 24.9. The summed E-state index contributed by atoms with van der Waals surface area (Å²) in [6.45, 7) is 5.39. The number of hydrogen-bond acceptors (Lipinski definition) is 2. The monoisotopic (exact) mass is 285 g/mol. The quantitative estimate of drug-likeness (QED) is 0.704. The molecule has 19 heavy (non-hydrogen) atoms. The van der Waals surface area contributed by atoms with Gasteiger partial charge in [-0.2, -0.15) is 0 Å². The number of hydrogen-bond donors (Lipinski definition) is 1. The third-order valence-electron chi connectivity index (χ3n) is 3.02. The molecule has 4 heteroatoms. The summed E-state index contributed by atoms with van der Waals surface area (Å²) in [7, 11) is -1.07. The first-order valence-corrected chi connectivity index (χ1v) is 8.32. The molecule has 1 N–H and O–H groups in total. The van der Waals surface area contributed by atoms with Crippen LogP contribution in [0.4, 0.5) is 4.39 Å². The minimum atomic E-state index is -1.07. The van der Waals surface area contributed by atoms with Gasteiger partial charge in [-0.1, -0.05) is 19.4 Å². The predicted molar refractivity (Wildman–Crippen MR) is 79.3 cm³/mol. The Morgan fingerprint density at radius 3 is 2.84 bits per heavy atom. The zero-order valence-corrected chi connectivity index (χ0v) is 12.6. The van der Waals surface area contributed by atoms with Gasteiger partial charge in [0.15, 0.2) is 0 Å². The molecule has 0 aromatic heterocycles. The van der Waals surface area contributed by atoms with E-state index in [1.807, 2.05) is 0 Å². The van der Waals surface area contributed by atoms with E-state index in [-0.39, 0.29) is 5.82 Å². The van der Waals surface area contributed by atoms with E-state index in [0.29, 0.717) is 16.7 Å². The molecule has 1 aromatic carbocycles. The highest BCUT2D eigenvalue weighted by molar-refractivity contribution is 7.85. The van der Waals surface area contributed by atoms with Crippen LogP contribution in [0.15, 0.2) is 29.2 Å². The van der Waals surface area contributed by atoms with Crippen LogP contribution in [0.1, 0.15) is 39.5 Å². The Morgan fingerprint density at radius 2 is 2.16 bits per heavy atom. The lowest BCUT2D eigenvalue weighted by molar-refractivity contribution is 0.495. The second-order valence-corrected chi connectivity index (χ2v) is 6.43. The molecule has 0 aliphatic heterocycles. The van der Waals surface area contributed by atoms with E-state index in [2.05, 4.69) is 19.2 Å². The number of nitrogens with one attached hydrogen (secondary N) is 1. The Bertz CT molecular complexity index is 397. The lowest BCUT2D eigenvalue weighted by atomic mass is 10.1. The molecule has 2 unspecified atom stereocenters. The molecule has 0 bridgehead atoms. The fourth-order valence-electron chi connectivity index (χ4n) is 1.90. The first kappa shape index (κ1) is 16.3. The molecule has 1 aromatic rings. The maximum absolute atomic E-state index is 13.0. The Morgan fingerprint density at radius 1 is 1.37 bits per heavy atom. The lowest BCUT2D eigenvalue weighted by Gasteiger charge is -2.12. The van der Waals surface area contributed by atoms with Gasteiger partial charge in [0.2, 0.25) is 0 Å². The van der Waals surface area contributed by atoms with E-state index < -0.39 is 10.8 Å². The van der Waals surface area contributed by atoms with E-state index in [1.54, 1.807) is 12.1 Å². The summed E-state index contributed by atoms with van der Waals surface area (Å²) in [6.07, 6.45) is 4.22. The third kappa shape index (κ3) is 6.83. The van der Waals surface area contributed by atoms with Crippen molar-refractivity contribution in [3.63, 3.8) is 0 Å². The van der Waals surface area contributed by atoms with Crippen LogP contribution in [0.5, 0.6) is 0 Å². The maximum Gasteiger partial charge on any atom is 0.124 e. The van der Waals surface area contributed by atoms with E-state index in [4.69, 9.17) is 0 Å². The molecule has 0 radical (unpaired) electrons. The Kier molecular flexibility index (Phi) is 7.91. The van der Waals surface area contributed by atoms with Gasteiger partial charge in [0, 0.05) is 16.7 Å². The fourth-order valence-corrected chi connectivity index (χ4v) is 3.08. The summed E-state index contributed by atoms with van der Waals surface area (Å²) in [6, 6.07) is 6.59. The second-order valence-electron chi connectivity index (χ2n) is 4.86. The fraction of sp³-hybridized carbons (Fsp3) is 0.600. The first-order valence-electron chi connectivity index (χ1n) is 7.00. The first-order chi connectivity index (χ1) is 9.13. The summed E-state index contributed by atoms with van der Waals surface area (Å²) in [5.41, 5.74) is 0. The number of rotatable bonds is 9. The molecule has 1 rings (SSSR count). The minimum Gasteiger partial charge on any atom is -0.314 e. The van der Waals surface area contributed by atoms with Crippen LogP contribution in [0.2, 0.25) is 0 Å². The van der Waals surface area contributed by atoms with Gasteiger partial charge in [0.1, 0.15) is 5.82 Å². The number of benzene rings is 1. The van der Waals surface area contributed by atoms with Crippen molar-refractivity contribution < 1.29 is 8.60 Å². The van der Waals surface area contributed by atoms with Crippen LogP contribution < -0.4 is 5.32 Å². The Hall–Kier alpha value is -0.740. The van der Waals surface area contributed by atoms with Crippen molar-refractivity contribution in [3.8, 4) is 0 Å². The van der Waals surface area contributed by atoms with Gasteiger partial charge in [-0.05, 0) is 50.9 Å². The highest BCUT2D eigenvalue weighted by atomic mass is 32.2. The van der Waals surface area contributed by atoms with Crippen molar-refractivity contribution in [2.24, 2.45) is 0 Å². The minimum absolute atomic E-state index is 0.316. The maximum atomic E-state index is 13.0. The molecule has 0 spiro atoms. The van der Waals surface area contributed by atoms with Crippen LogP contribution in [-0.4, -0.2) is 22.5 Å². The van der Waals surface area contributed by atoms with Crippen LogP contribution in [0.25, 0.3) is 0 Å². The molecule has 0 heterocycles. The van der Waals surface area contributed by atoms with Crippen molar-refractivity contribution in [3.05, 3.63) is 30.1 Å². The van der Waals surface area contributed by atoms with Crippen LogP contribution in [-0.2, 0) is 10.8 Å². The molecular formula is C15H24FNOS. The van der Waals surface area contributed by atoms with Gasteiger partial charge in [-0.15, -0.1) is 0 Å². The molecule has 2 nitrogen and oxygen atoms in total. The SMILES string of the molecule is CCCNC(C)CCCCS(=O)c1cccc(F)c1. The Labute approximate surface area is 118 Å². The van der Waals surface area contributed by atoms with Gasteiger partial charge in [0.05, 0.1) is 10.8 Å². The van der Waals surface area contributed by atoms with Crippen molar-refractivity contribution in [1.29, 1.82) is 0 Å². The smallest absolute Gasteiger partial charge is 0.124 e. The molecule has 108 valence electrons. The zero-order chi connectivity index (χ0) is 14.1. The van der Waals surface area contributed by atoms with E-state index >= 15 is 0 Å². The van der Waals surface area contributed by atoms with E-state index in [1.165, 1.54) is 12.1 Å². The zero-order valence-electron chi connectivity index (χ0n) is 11.8.